The van der Waals surface area contributed by atoms with Crippen molar-refractivity contribution in [2.24, 2.45) is 0 Å². The summed E-state index contributed by atoms with van der Waals surface area (Å²) in [7, 11) is 0. The first-order valence-electron chi connectivity index (χ1n) is 16.6. The predicted molar refractivity (Wildman–Crippen MR) is 191 cm³/mol. The second-order valence-electron chi connectivity index (χ2n) is 12.6. The van der Waals surface area contributed by atoms with E-state index < -0.39 is 29.6 Å². The highest BCUT2D eigenvalue weighted by Crippen LogP contribution is 2.62. The third-order valence-corrected chi connectivity index (χ3v) is 10.6. The van der Waals surface area contributed by atoms with Crippen LogP contribution in [0.2, 0.25) is 0 Å². The Morgan fingerprint density at radius 3 is 1.33 bits per heavy atom. The molecule has 0 radical (unpaired) electrons. The average Bonchev–Trinajstić information content (AvgIpc) is 3.45. The topological polar surface area (TPSA) is 57.1 Å². The Balaban J connectivity index is 1.23. The van der Waals surface area contributed by atoms with E-state index in [1.165, 1.54) is 24.3 Å². The summed E-state index contributed by atoms with van der Waals surface area (Å²) in [5.74, 6) is -0.324. The van der Waals surface area contributed by atoms with Crippen molar-refractivity contribution in [1.82, 2.24) is 15.0 Å². The van der Waals surface area contributed by atoms with Crippen LogP contribution < -0.4 is 9.47 Å². The lowest BCUT2D eigenvalue weighted by Crippen LogP contribution is -2.32. The Kier molecular flexibility index (Phi) is 7.78. The summed E-state index contributed by atoms with van der Waals surface area (Å²) < 4.78 is 85.6. The first-order chi connectivity index (χ1) is 26.0. The van der Waals surface area contributed by atoms with E-state index in [2.05, 4.69) is 56.9 Å². The number of alkyl halides is 6. The van der Waals surface area contributed by atoms with Crippen LogP contribution in [0.3, 0.4) is 0 Å². The largest absolute Gasteiger partial charge is 0.573 e. The van der Waals surface area contributed by atoms with Gasteiger partial charge >= 0.3 is 12.7 Å². The Morgan fingerprint density at radius 1 is 0.426 bits per heavy atom. The average molecular weight is 748 g/mol. The van der Waals surface area contributed by atoms with Gasteiger partial charge in [-0.3, -0.25) is 0 Å². The minimum absolute atomic E-state index is 0.132. The molecule has 2 heterocycles. The normalized spacial score (nSPS) is 13.8. The molecule has 0 saturated heterocycles. The molecule has 2 aliphatic rings. The van der Waals surface area contributed by atoms with E-state index in [1.54, 1.807) is 11.8 Å². The number of halogens is 6. The van der Waals surface area contributed by atoms with E-state index in [1.807, 2.05) is 48.5 Å². The van der Waals surface area contributed by atoms with Gasteiger partial charge in [-0.15, -0.1) is 26.3 Å². The van der Waals surface area contributed by atoms with Crippen LogP contribution in [0.4, 0.5) is 26.3 Å². The molecule has 9 rings (SSSR count). The van der Waals surface area contributed by atoms with Crippen LogP contribution in [-0.2, 0) is 5.41 Å². The number of nitrogens with zero attached hydrogens (tertiary/aromatic N) is 3. The van der Waals surface area contributed by atoms with Crippen molar-refractivity contribution in [2.45, 2.75) is 27.9 Å². The molecular weight excluding hydrogens is 725 g/mol. The van der Waals surface area contributed by atoms with Crippen LogP contribution in [0.1, 0.15) is 22.3 Å². The Labute approximate surface area is 308 Å². The molecular formula is C42H23F6N3O2S. The summed E-state index contributed by atoms with van der Waals surface area (Å²) in [6, 6.07) is 41.3. The van der Waals surface area contributed by atoms with Gasteiger partial charge in [0.1, 0.15) is 11.5 Å². The van der Waals surface area contributed by atoms with Crippen LogP contribution in [0.15, 0.2) is 149 Å². The molecule has 0 bridgehead atoms. The summed E-state index contributed by atoms with van der Waals surface area (Å²) in [6.45, 7) is 0. The van der Waals surface area contributed by atoms with Gasteiger partial charge in [-0.1, -0.05) is 84.6 Å². The number of fused-ring (bicyclic) bond motifs is 9. The molecule has 6 aromatic carbocycles. The first kappa shape index (κ1) is 33.7. The van der Waals surface area contributed by atoms with Crippen LogP contribution >= 0.6 is 11.8 Å². The molecule has 0 fully saturated rings. The van der Waals surface area contributed by atoms with Crippen LogP contribution in [0.5, 0.6) is 11.5 Å². The monoisotopic (exact) mass is 747 g/mol. The van der Waals surface area contributed by atoms with E-state index in [0.29, 0.717) is 16.7 Å². The fraction of sp³-hybridized carbons (Fsp3) is 0.0714. The Hall–Kier alpha value is -6.14. The highest BCUT2D eigenvalue weighted by molar-refractivity contribution is 7.99. The zero-order valence-electron chi connectivity index (χ0n) is 27.6. The summed E-state index contributed by atoms with van der Waals surface area (Å²) >= 11 is 1.67. The van der Waals surface area contributed by atoms with Gasteiger partial charge in [0.25, 0.3) is 0 Å². The molecule has 1 spiro atoms. The molecule has 1 aromatic heterocycles. The molecule has 12 heteroatoms. The zero-order chi connectivity index (χ0) is 37.2. The van der Waals surface area contributed by atoms with E-state index in [-0.39, 0.29) is 17.5 Å². The summed E-state index contributed by atoms with van der Waals surface area (Å²) in [4.78, 5) is 16.4. The number of benzene rings is 6. The first-order valence-corrected chi connectivity index (χ1v) is 17.4. The second-order valence-corrected chi connectivity index (χ2v) is 13.7. The van der Waals surface area contributed by atoms with Crippen molar-refractivity contribution in [3.63, 3.8) is 0 Å². The maximum absolute atomic E-state index is 12.9. The number of ether oxygens (including phenoxy) is 2. The van der Waals surface area contributed by atoms with Crippen LogP contribution in [0.25, 0.3) is 45.3 Å². The minimum Gasteiger partial charge on any atom is -0.406 e. The standard InChI is InChI=1S/C42H23F6N3O2S/c43-41(44,45)52-27-18-13-24(14-19-27)37-49-38(25-15-20-28(21-16-25)53-42(46,47)48)51-39(50-37)26-17-22-36-34(23-26)40(33-11-5-6-12-35(33)54-36)31-9-3-1-7-29(31)30-8-2-4-10-32(30)40/h1-23H. The number of hydrogen-bond donors (Lipinski definition) is 0. The van der Waals surface area contributed by atoms with Crippen molar-refractivity contribution in [2.75, 3.05) is 0 Å². The van der Waals surface area contributed by atoms with E-state index >= 15 is 0 Å². The Bertz CT molecular complexity index is 2450. The quantitative estimate of drug-likeness (QED) is 0.163. The summed E-state index contributed by atoms with van der Waals surface area (Å²) in [5, 5.41) is 0. The maximum atomic E-state index is 12.9. The molecule has 54 heavy (non-hydrogen) atoms. The Morgan fingerprint density at radius 2 is 0.833 bits per heavy atom. The van der Waals surface area contributed by atoms with Gasteiger partial charge in [0.15, 0.2) is 17.5 Å². The van der Waals surface area contributed by atoms with Crippen molar-refractivity contribution in [3.05, 3.63) is 162 Å². The summed E-state index contributed by atoms with van der Waals surface area (Å²) in [6.07, 6.45) is -9.75. The molecule has 266 valence electrons. The van der Waals surface area contributed by atoms with Gasteiger partial charge in [-0.2, -0.15) is 0 Å². The molecule has 0 atom stereocenters. The third kappa shape index (κ3) is 5.83. The van der Waals surface area contributed by atoms with Gasteiger partial charge in [-0.25, -0.2) is 15.0 Å². The van der Waals surface area contributed by atoms with Crippen molar-refractivity contribution < 1.29 is 35.8 Å². The van der Waals surface area contributed by atoms with Gasteiger partial charge in [0.05, 0.1) is 5.41 Å². The van der Waals surface area contributed by atoms with Crippen LogP contribution in [0, 0.1) is 0 Å². The van der Waals surface area contributed by atoms with Gasteiger partial charge in [0.2, 0.25) is 0 Å². The molecule has 0 amide bonds. The smallest absolute Gasteiger partial charge is 0.406 e. The fourth-order valence-corrected chi connectivity index (χ4v) is 8.54. The number of aromatic nitrogens is 3. The molecule has 1 aliphatic carbocycles. The van der Waals surface area contributed by atoms with E-state index in [9.17, 15) is 26.3 Å². The SMILES string of the molecule is FC(F)(F)Oc1ccc(-c2nc(-c3ccc(OC(F)(F)F)cc3)nc(-c3ccc4c(c3)C3(c5ccccc5S4)c4ccccc4-c4ccccc43)n2)cc1. The molecule has 0 N–H and O–H groups in total. The maximum Gasteiger partial charge on any atom is 0.573 e. The molecule has 1 aliphatic heterocycles. The fourth-order valence-electron chi connectivity index (χ4n) is 7.37. The highest BCUT2D eigenvalue weighted by Gasteiger charge is 2.50. The molecule has 0 unspecified atom stereocenters. The molecule has 0 saturated carbocycles. The minimum atomic E-state index is -4.88. The van der Waals surface area contributed by atoms with Gasteiger partial charge < -0.3 is 9.47 Å². The lowest BCUT2D eigenvalue weighted by molar-refractivity contribution is -0.275. The van der Waals surface area contributed by atoms with E-state index in [0.717, 1.165) is 67.4 Å². The van der Waals surface area contributed by atoms with Crippen LogP contribution in [-0.4, -0.2) is 27.7 Å². The third-order valence-electron chi connectivity index (χ3n) is 9.43. The van der Waals surface area contributed by atoms with E-state index in [4.69, 9.17) is 9.97 Å². The second kappa shape index (κ2) is 12.5. The molecule has 5 nitrogen and oxygen atoms in total. The van der Waals surface area contributed by atoms with Gasteiger partial charge in [-0.05, 0) is 100 Å². The van der Waals surface area contributed by atoms with Crippen molar-refractivity contribution >= 4 is 11.8 Å². The van der Waals surface area contributed by atoms with Crippen molar-refractivity contribution in [3.8, 4) is 56.8 Å². The van der Waals surface area contributed by atoms with Gasteiger partial charge in [0, 0.05) is 26.5 Å². The highest BCUT2D eigenvalue weighted by atomic mass is 32.2. The predicted octanol–water partition coefficient (Wildman–Crippen LogP) is 11.5. The number of rotatable bonds is 5. The zero-order valence-corrected chi connectivity index (χ0v) is 28.4. The lowest BCUT2D eigenvalue weighted by Gasteiger charge is -2.39. The lowest BCUT2D eigenvalue weighted by atomic mass is 9.67. The number of hydrogen-bond acceptors (Lipinski definition) is 6. The summed E-state index contributed by atoms with van der Waals surface area (Å²) in [5.41, 5.74) is 7.37. The molecule has 7 aromatic rings. The van der Waals surface area contributed by atoms with Crippen molar-refractivity contribution in [1.29, 1.82) is 0 Å².